The summed E-state index contributed by atoms with van der Waals surface area (Å²) in [7, 11) is 3.33. The van der Waals surface area contributed by atoms with Crippen LogP contribution in [0.2, 0.25) is 0 Å². The standard InChI is InChI=1S/C49H64N10O6S/c1-11-57-40-17-16-32-21-35(40)36(44(57)34-14-12-18-50-42(34)31(6)64-10)23-49(7,8)27-65-47(62)37-15-13-19-58(54-37)46(61)38(22-41-51-39(32)26-66-41)52-45(60)43(28(2)3)55(9)48(63)56-24-33(25-56)59-30(5)20-29(4)53-59/h12,14,16-18,20-21,26,28,31,33,37-38,43,54H,11,13,15,19,22-25,27H2,1-10H3,(H,52,60)/t31-,37-,38-,43-/m0/s1. The van der Waals surface area contributed by atoms with E-state index in [1.807, 2.05) is 56.8 Å². The molecule has 2 saturated heterocycles. The first-order valence-electron chi connectivity index (χ1n) is 23.2. The average molecular weight is 921 g/mol. The normalized spacial score (nSPS) is 20.2. The lowest BCUT2D eigenvalue weighted by molar-refractivity contribution is -0.155. The molecule has 2 N–H and O–H groups in total. The monoisotopic (exact) mass is 920 g/mol. The van der Waals surface area contributed by atoms with Gasteiger partial charge in [0.2, 0.25) is 5.91 Å². The summed E-state index contributed by atoms with van der Waals surface area (Å²) in [5, 5.41) is 12.8. The van der Waals surface area contributed by atoms with Gasteiger partial charge in [-0.25, -0.2) is 15.2 Å². The Bertz CT molecular complexity index is 2630. The van der Waals surface area contributed by atoms with E-state index in [-0.39, 0.29) is 37.1 Å². The van der Waals surface area contributed by atoms with Crippen molar-refractivity contribution in [2.24, 2.45) is 11.3 Å². The molecule has 5 aromatic rings. The number of ether oxygens (including phenoxy) is 2. The lowest BCUT2D eigenvalue weighted by atomic mass is 9.84. The molecule has 3 aliphatic rings. The second-order valence-electron chi connectivity index (χ2n) is 19.3. The molecule has 1 aromatic carbocycles. The van der Waals surface area contributed by atoms with E-state index >= 15 is 0 Å². The van der Waals surface area contributed by atoms with Gasteiger partial charge in [-0.1, -0.05) is 33.8 Å². The zero-order valence-corrected chi connectivity index (χ0v) is 40.7. The van der Waals surface area contributed by atoms with Gasteiger partial charge in [0, 0.05) is 91.5 Å². The molecule has 4 atom stereocenters. The number of cyclic esters (lactones) is 1. The van der Waals surface area contributed by atoms with E-state index < -0.39 is 41.3 Å². The van der Waals surface area contributed by atoms with Gasteiger partial charge in [-0.3, -0.25) is 29.1 Å². The van der Waals surface area contributed by atoms with Crippen LogP contribution in [-0.4, -0.2) is 121 Å². The highest BCUT2D eigenvalue weighted by Gasteiger charge is 2.41. The van der Waals surface area contributed by atoms with Gasteiger partial charge < -0.3 is 29.2 Å². The Morgan fingerprint density at radius 2 is 1.89 bits per heavy atom. The van der Waals surface area contributed by atoms with Crippen molar-refractivity contribution >= 4 is 46.1 Å². The third kappa shape index (κ3) is 9.21. The van der Waals surface area contributed by atoms with E-state index in [1.165, 1.54) is 21.2 Å². The number of fused-ring (bicyclic) bond motifs is 6. The van der Waals surface area contributed by atoms with E-state index in [0.29, 0.717) is 50.4 Å². The predicted molar refractivity (Wildman–Crippen MR) is 253 cm³/mol. The zero-order valence-electron chi connectivity index (χ0n) is 39.9. The molecule has 4 amide bonds. The number of esters is 1. The first kappa shape index (κ1) is 46.9. The maximum atomic E-state index is 14.6. The summed E-state index contributed by atoms with van der Waals surface area (Å²) in [6.45, 7) is 18.2. The molecule has 66 heavy (non-hydrogen) atoms. The number of thiazole rings is 1. The number of rotatable bonds is 9. The van der Waals surface area contributed by atoms with Crippen LogP contribution in [0.5, 0.6) is 0 Å². The number of hydrogen-bond acceptors (Lipinski definition) is 11. The molecule has 0 spiro atoms. The molecule has 8 rings (SSSR count). The molecule has 0 aliphatic carbocycles. The van der Waals surface area contributed by atoms with Crippen LogP contribution >= 0.6 is 11.3 Å². The summed E-state index contributed by atoms with van der Waals surface area (Å²) in [5.41, 5.74) is 11.3. The van der Waals surface area contributed by atoms with Crippen LogP contribution in [-0.2, 0) is 43.2 Å². The van der Waals surface area contributed by atoms with Crippen LogP contribution in [0.15, 0.2) is 48.0 Å². The molecule has 4 aromatic heterocycles. The molecule has 2 fully saturated rings. The van der Waals surface area contributed by atoms with E-state index in [1.54, 1.807) is 25.3 Å². The van der Waals surface area contributed by atoms with Gasteiger partial charge in [-0.2, -0.15) is 5.10 Å². The number of urea groups is 1. The Hall–Kier alpha value is -5.65. The minimum Gasteiger partial charge on any atom is -0.464 e. The van der Waals surface area contributed by atoms with E-state index in [0.717, 1.165) is 56.1 Å². The minimum absolute atomic E-state index is 0.0592. The van der Waals surface area contributed by atoms with Crippen LogP contribution in [0.4, 0.5) is 4.79 Å². The minimum atomic E-state index is -1.06. The molecule has 3 aliphatic heterocycles. The maximum absolute atomic E-state index is 14.6. The van der Waals surface area contributed by atoms with Crippen molar-refractivity contribution in [3.05, 3.63) is 75.6 Å². The van der Waals surface area contributed by atoms with Gasteiger partial charge in [0.25, 0.3) is 5.91 Å². The molecule has 16 nitrogen and oxygen atoms in total. The smallest absolute Gasteiger partial charge is 0.324 e. The summed E-state index contributed by atoms with van der Waals surface area (Å²) in [4.78, 5) is 70.0. The van der Waals surface area contributed by atoms with Crippen molar-refractivity contribution in [2.75, 3.05) is 40.4 Å². The highest BCUT2D eigenvalue weighted by molar-refractivity contribution is 7.10. The van der Waals surface area contributed by atoms with E-state index in [2.05, 4.69) is 65.4 Å². The molecule has 0 unspecified atom stereocenters. The Labute approximate surface area is 391 Å². The highest BCUT2D eigenvalue weighted by atomic mass is 32.1. The van der Waals surface area contributed by atoms with Crippen molar-refractivity contribution in [3.8, 4) is 22.5 Å². The number of hydrogen-bond donors (Lipinski definition) is 2. The largest absolute Gasteiger partial charge is 0.464 e. The lowest BCUT2D eigenvalue weighted by Gasteiger charge is -2.43. The van der Waals surface area contributed by atoms with Crippen LogP contribution in [0.3, 0.4) is 0 Å². The van der Waals surface area contributed by atoms with Gasteiger partial charge in [0.15, 0.2) is 0 Å². The van der Waals surface area contributed by atoms with E-state index in [4.69, 9.17) is 19.4 Å². The number of carbonyl (C=O) groups excluding carboxylic acids is 4. The predicted octanol–water partition coefficient (Wildman–Crippen LogP) is 6.65. The number of pyridine rings is 1. The van der Waals surface area contributed by atoms with Gasteiger partial charge in [-0.15, -0.1) is 11.3 Å². The van der Waals surface area contributed by atoms with Crippen LogP contribution in [0, 0.1) is 25.2 Å². The number of aromatic nitrogens is 5. The summed E-state index contributed by atoms with van der Waals surface area (Å²) in [5.74, 6) is -1.57. The number of methoxy groups -OCH3 is 1. The fraction of sp³-hybridized carbons (Fsp3) is 0.531. The second kappa shape index (κ2) is 18.9. The van der Waals surface area contributed by atoms with Crippen molar-refractivity contribution < 1.29 is 28.7 Å². The summed E-state index contributed by atoms with van der Waals surface area (Å²) < 4.78 is 16.2. The Morgan fingerprint density at radius 1 is 1.12 bits per heavy atom. The Balaban J connectivity index is 1.13. The molecular formula is C49H64N10O6S. The van der Waals surface area contributed by atoms with Crippen LogP contribution < -0.4 is 10.7 Å². The van der Waals surface area contributed by atoms with Crippen molar-refractivity contribution in [1.82, 2.24) is 49.9 Å². The first-order chi connectivity index (χ1) is 31.5. The number of likely N-dealkylation sites (tertiary alicyclic amines) is 1. The zero-order chi connectivity index (χ0) is 47.2. The topological polar surface area (TPSA) is 169 Å². The van der Waals surface area contributed by atoms with Gasteiger partial charge in [-0.05, 0) is 88.8 Å². The van der Waals surface area contributed by atoms with Crippen molar-refractivity contribution in [1.29, 1.82) is 0 Å². The van der Waals surface area contributed by atoms with Crippen LogP contribution in [0.25, 0.3) is 33.4 Å². The van der Waals surface area contributed by atoms with Crippen molar-refractivity contribution in [3.63, 3.8) is 0 Å². The van der Waals surface area contributed by atoms with Gasteiger partial charge in [0.05, 0.1) is 46.5 Å². The molecule has 6 bridgehead atoms. The first-order valence-corrected chi connectivity index (χ1v) is 24.0. The van der Waals surface area contributed by atoms with Crippen LogP contribution in [0.1, 0.15) is 94.2 Å². The maximum Gasteiger partial charge on any atom is 0.324 e. The molecule has 7 heterocycles. The number of nitrogens with one attached hydrogen (secondary N) is 2. The number of likely N-dealkylation sites (N-methyl/N-ethyl adjacent to an activating group) is 1. The molecule has 0 radical (unpaired) electrons. The third-order valence-electron chi connectivity index (χ3n) is 13.3. The number of nitrogens with zero attached hydrogens (tertiary/aromatic N) is 8. The number of amides is 4. The van der Waals surface area contributed by atoms with E-state index in [9.17, 15) is 19.2 Å². The Kier molecular flexibility index (Phi) is 13.4. The number of aryl methyl sites for hydroxylation is 3. The van der Waals surface area contributed by atoms with Gasteiger partial charge in [0.1, 0.15) is 18.1 Å². The lowest BCUT2D eigenvalue weighted by Crippen LogP contribution is -2.63. The summed E-state index contributed by atoms with van der Waals surface area (Å²) in [6, 6.07) is 9.56. The molecule has 17 heteroatoms. The highest BCUT2D eigenvalue weighted by Crippen LogP contribution is 2.42. The fourth-order valence-electron chi connectivity index (χ4n) is 9.87. The second-order valence-corrected chi connectivity index (χ2v) is 20.2. The Morgan fingerprint density at radius 3 is 2.59 bits per heavy atom. The molecule has 0 saturated carbocycles. The number of carbonyl (C=O) groups is 4. The summed E-state index contributed by atoms with van der Waals surface area (Å²) in [6.07, 6.45) is 3.26. The molecular weight excluding hydrogens is 857 g/mol. The quantitative estimate of drug-likeness (QED) is 0.153. The average Bonchev–Trinajstić information content (AvgIpc) is 3.97. The fourth-order valence-corrected chi connectivity index (χ4v) is 10.7. The summed E-state index contributed by atoms with van der Waals surface area (Å²) >= 11 is 1.42. The number of benzene rings is 1. The number of hydrazine groups is 1. The van der Waals surface area contributed by atoms with Gasteiger partial charge >= 0.3 is 12.0 Å². The molecule has 352 valence electrons. The third-order valence-corrected chi connectivity index (χ3v) is 14.2. The van der Waals surface area contributed by atoms with Crippen molar-refractivity contribution in [2.45, 2.75) is 118 Å². The SMILES string of the molecule is CCn1c(-c2cccnc2[C@H](C)OC)c2c3cc(ccc31)-c1csc(n1)C[C@H](NC(=O)[C@H](C(C)C)N(C)C(=O)N1CC(n3nc(C)cc3C)C1)C(=O)N1CCC[C@H](N1)C(=O)OCC(C)(C)C2.